The van der Waals surface area contributed by atoms with E-state index >= 15 is 0 Å². The van der Waals surface area contributed by atoms with Crippen LogP contribution < -0.4 is 16.4 Å². The topological polar surface area (TPSA) is 115 Å². The zero-order valence-corrected chi connectivity index (χ0v) is 16.3. The minimum absolute atomic E-state index is 0.192. The second kappa shape index (κ2) is 7.77. The molecule has 150 valence electrons. The van der Waals surface area contributed by atoms with Gasteiger partial charge in [0, 0.05) is 36.8 Å². The van der Waals surface area contributed by atoms with Gasteiger partial charge in [-0.3, -0.25) is 4.99 Å². The number of carbonyl (C=O) groups is 1. The third kappa shape index (κ3) is 4.10. The lowest BCUT2D eigenvalue weighted by Gasteiger charge is -2.35. The zero-order chi connectivity index (χ0) is 19.6. The first kappa shape index (κ1) is 18.7. The Morgan fingerprint density at radius 3 is 2.82 bits per heavy atom. The van der Waals surface area contributed by atoms with Gasteiger partial charge in [0.1, 0.15) is 6.61 Å². The molecule has 0 radical (unpaired) electrons. The Hall–Kier alpha value is -2.64. The molecule has 1 aromatic rings. The van der Waals surface area contributed by atoms with Gasteiger partial charge in [0.15, 0.2) is 0 Å². The highest BCUT2D eigenvalue weighted by Gasteiger charge is 2.42. The predicted molar refractivity (Wildman–Crippen MR) is 108 cm³/mol. The molecule has 1 amide bonds. The molecule has 3 aliphatic rings. The van der Waals surface area contributed by atoms with E-state index in [0.717, 1.165) is 55.0 Å². The van der Waals surface area contributed by atoms with Crippen molar-refractivity contribution in [2.75, 3.05) is 19.0 Å². The van der Waals surface area contributed by atoms with E-state index in [-0.39, 0.29) is 17.7 Å². The normalized spacial score (nSPS) is 28.2. The number of alkyl carbamates (subject to hydrolysis) is 1. The molecule has 1 aliphatic heterocycles. The molecule has 2 saturated carbocycles. The zero-order valence-electron chi connectivity index (χ0n) is 16.3. The van der Waals surface area contributed by atoms with Gasteiger partial charge in [0.05, 0.1) is 11.2 Å². The highest BCUT2D eigenvalue weighted by atomic mass is 16.6. The molecule has 8 nitrogen and oxygen atoms in total. The third-order valence-corrected chi connectivity index (χ3v) is 5.98. The van der Waals surface area contributed by atoms with Gasteiger partial charge in [-0.15, -0.1) is 0 Å². The Bertz CT molecular complexity index is 794. The maximum absolute atomic E-state index is 11.4. The molecule has 1 saturated heterocycles. The average molecular weight is 384 g/mol. The number of allylic oxidation sites excluding steroid dienone is 1. The number of anilines is 1. The minimum atomic E-state index is -0.303. The summed E-state index contributed by atoms with van der Waals surface area (Å²) in [6.45, 7) is 0.468. The smallest absolute Gasteiger partial charge is 0.407 e. The number of nitrogens with one attached hydrogen (secondary N) is 2. The quantitative estimate of drug-likeness (QED) is 0.649. The van der Waals surface area contributed by atoms with Crippen molar-refractivity contribution >= 4 is 23.3 Å². The number of rotatable bonds is 6. The summed E-state index contributed by atoms with van der Waals surface area (Å²) in [5.41, 5.74) is 8.41. The molecule has 1 spiro atoms. The number of nitrogens with zero attached hydrogens (tertiary/aromatic N) is 3. The molecule has 0 aromatic carbocycles. The number of aromatic nitrogens is 2. The first-order valence-corrected chi connectivity index (χ1v) is 10.0. The summed E-state index contributed by atoms with van der Waals surface area (Å²) in [7, 11) is 1.81. The van der Waals surface area contributed by atoms with Crippen molar-refractivity contribution < 1.29 is 9.53 Å². The van der Waals surface area contributed by atoms with E-state index in [9.17, 15) is 4.79 Å². The van der Waals surface area contributed by atoms with E-state index in [0.29, 0.717) is 12.6 Å². The molecule has 4 N–H and O–H groups in total. The SMILES string of the molecule is CN=C(CC1CC1)C(=CN)c1ccnc(NC2CCC3(CC2)COC(=O)N3)n1. The van der Waals surface area contributed by atoms with Crippen LogP contribution in [0.4, 0.5) is 10.7 Å². The summed E-state index contributed by atoms with van der Waals surface area (Å²) >= 11 is 0. The fourth-order valence-corrected chi connectivity index (χ4v) is 4.08. The summed E-state index contributed by atoms with van der Waals surface area (Å²) in [6, 6.07) is 2.15. The van der Waals surface area contributed by atoms with Crippen LogP contribution in [0.15, 0.2) is 23.5 Å². The summed E-state index contributed by atoms with van der Waals surface area (Å²) in [5, 5.41) is 6.41. The van der Waals surface area contributed by atoms with E-state index in [1.54, 1.807) is 12.4 Å². The number of hydrogen-bond acceptors (Lipinski definition) is 7. The number of amides is 1. The molecule has 8 heteroatoms. The lowest BCUT2D eigenvalue weighted by Crippen LogP contribution is -2.48. The molecule has 0 atom stereocenters. The molecule has 4 rings (SSSR count). The maximum Gasteiger partial charge on any atom is 0.407 e. The predicted octanol–water partition coefficient (Wildman–Crippen LogP) is 2.48. The van der Waals surface area contributed by atoms with Gasteiger partial charge in [0.2, 0.25) is 5.95 Å². The van der Waals surface area contributed by atoms with Gasteiger partial charge in [-0.1, -0.05) is 0 Å². The van der Waals surface area contributed by atoms with Crippen LogP contribution in [-0.4, -0.2) is 47.0 Å². The van der Waals surface area contributed by atoms with Crippen LogP contribution >= 0.6 is 0 Å². The Morgan fingerprint density at radius 2 is 2.21 bits per heavy atom. The monoisotopic (exact) mass is 384 g/mol. The number of hydrogen-bond donors (Lipinski definition) is 3. The summed E-state index contributed by atoms with van der Waals surface area (Å²) in [6.07, 6.45) is 10.2. The maximum atomic E-state index is 11.4. The molecule has 28 heavy (non-hydrogen) atoms. The number of carbonyl (C=O) groups excluding carboxylic acids is 1. The molecule has 3 fully saturated rings. The van der Waals surface area contributed by atoms with Crippen molar-refractivity contribution in [2.24, 2.45) is 16.6 Å². The number of ether oxygens (including phenoxy) is 1. The molecule has 0 bridgehead atoms. The fraction of sp³-hybridized carbons (Fsp3) is 0.600. The Labute approximate surface area is 165 Å². The van der Waals surface area contributed by atoms with E-state index < -0.39 is 0 Å². The standard InChI is InChI=1S/C20H28N6O2/c1-22-17(10-13-2-3-13)15(11-21)16-6-9-23-18(25-16)24-14-4-7-20(8-5-14)12-28-19(27)26-20/h6,9,11,13-14H,2-5,7-8,10,12,21H2,1H3,(H,26,27)(H,23,24,25). The van der Waals surface area contributed by atoms with Gasteiger partial charge in [-0.2, -0.15) is 0 Å². The molecule has 2 aliphatic carbocycles. The highest BCUT2D eigenvalue weighted by Crippen LogP contribution is 2.35. The second-order valence-corrected chi connectivity index (χ2v) is 8.06. The van der Waals surface area contributed by atoms with Crippen LogP contribution in [0, 0.1) is 5.92 Å². The van der Waals surface area contributed by atoms with Crippen LogP contribution in [0.5, 0.6) is 0 Å². The van der Waals surface area contributed by atoms with E-state index in [1.807, 2.05) is 13.1 Å². The van der Waals surface area contributed by atoms with Crippen molar-refractivity contribution in [1.82, 2.24) is 15.3 Å². The van der Waals surface area contributed by atoms with Gasteiger partial charge in [0.25, 0.3) is 0 Å². The van der Waals surface area contributed by atoms with E-state index in [4.69, 9.17) is 10.5 Å². The van der Waals surface area contributed by atoms with Crippen molar-refractivity contribution in [1.29, 1.82) is 0 Å². The van der Waals surface area contributed by atoms with Gasteiger partial charge >= 0.3 is 6.09 Å². The first-order chi connectivity index (χ1) is 13.6. The van der Waals surface area contributed by atoms with Crippen molar-refractivity contribution in [3.05, 3.63) is 24.2 Å². The third-order valence-electron chi connectivity index (χ3n) is 5.98. The Morgan fingerprint density at radius 1 is 1.43 bits per heavy atom. The van der Waals surface area contributed by atoms with Crippen LogP contribution in [0.2, 0.25) is 0 Å². The molecule has 1 aromatic heterocycles. The lowest BCUT2D eigenvalue weighted by molar-refractivity contribution is 0.164. The Kier molecular flexibility index (Phi) is 5.19. The van der Waals surface area contributed by atoms with Gasteiger partial charge in [-0.25, -0.2) is 14.8 Å². The van der Waals surface area contributed by atoms with Crippen molar-refractivity contribution in [3.8, 4) is 0 Å². The van der Waals surface area contributed by atoms with E-state index in [1.165, 1.54) is 12.8 Å². The van der Waals surface area contributed by atoms with Gasteiger partial charge in [-0.05, 0) is 56.9 Å². The molecule has 0 unspecified atom stereocenters. The number of nitrogens with two attached hydrogens (primary N) is 1. The van der Waals surface area contributed by atoms with Crippen LogP contribution in [0.25, 0.3) is 5.57 Å². The Balaban J connectivity index is 1.40. The van der Waals surface area contributed by atoms with Crippen LogP contribution in [-0.2, 0) is 4.74 Å². The van der Waals surface area contributed by atoms with Gasteiger partial charge < -0.3 is 21.1 Å². The summed E-state index contributed by atoms with van der Waals surface area (Å²) in [5.74, 6) is 1.33. The second-order valence-electron chi connectivity index (χ2n) is 8.06. The summed E-state index contributed by atoms with van der Waals surface area (Å²) in [4.78, 5) is 24.9. The van der Waals surface area contributed by atoms with E-state index in [2.05, 4.69) is 25.6 Å². The fourth-order valence-electron chi connectivity index (χ4n) is 4.08. The molecular weight excluding hydrogens is 356 g/mol. The minimum Gasteiger partial charge on any atom is -0.447 e. The average Bonchev–Trinajstić information content (AvgIpc) is 3.46. The highest BCUT2D eigenvalue weighted by molar-refractivity contribution is 6.23. The molecular formula is C20H28N6O2. The van der Waals surface area contributed by atoms with Crippen LogP contribution in [0.3, 0.4) is 0 Å². The first-order valence-electron chi connectivity index (χ1n) is 10.0. The molecule has 2 heterocycles. The van der Waals surface area contributed by atoms with Crippen molar-refractivity contribution in [2.45, 2.75) is 56.5 Å². The number of aliphatic imine (C=N–C) groups is 1. The summed E-state index contributed by atoms with van der Waals surface area (Å²) < 4.78 is 5.09. The number of cyclic esters (lactones) is 1. The van der Waals surface area contributed by atoms with Crippen LogP contribution in [0.1, 0.15) is 50.6 Å². The lowest BCUT2D eigenvalue weighted by atomic mass is 9.80. The largest absolute Gasteiger partial charge is 0.447 e. The van der Waals surface area contributed by atoms with Crippen molar-refractivity contribution in [3.63, 3.8) is 0 Å².